The number of aromatic nitrogens is 2. The van der Waals surface area contributed by atoms with Crippen molar-refractivity contribution < 1.29 is 14.6 Å². The molecule has 0 radical (unpaired) electrons. The first kappa shape index (κ1) is 17.3. The van der Waals surface area contributed by atoms with Gasteiger partial charge in [-0.2, -0.15) is 0 Å². The zero-order valence-electron chi connectivity index (χ0n) is 12.3. The predicted molar refractivity (Wildman–Crippen MR) is 88.4 cm³/mol. The van der Waals surface area contributed by atoms with Crippen molar-refractivity contribution in [1.82, 2.24) is 9.97 Å². The van der Waals surface area contributed by atoms with E-state index in [1.54, 1.807) is 25.1 Å². The third-order valence-electron chi connectivity index (χ3n) is 3.11. The molecule has 1 aromatic heterocycles. The maximum Gasteiger partial charge on any atom is 0.339 e. The number of anilines is 1. The molecule has 1 heterocycles. The molecule has 0 atom stereocenters. The van der Waals surface area contributed by atoms with Crippen molar-refractivity contribution >= 4 is 35.1 Å². The standard InChI is InChI=1S/C15H15Cl2N3O3/c1-8-13(14(21)22)11(20-15(18)19-8)3-2-6-23-12-5-4-9(16)7-10(12)17/h4-5,7H,2-3,6H2,1H3,(H,21,22)(H2,18,19,20). The fraction of sp³-hybridized carbons (Fsp3) is 0.267. The van der Waals surface area contributed by atoms with Gasteiger partial charge < -0.3 is 15.6 Å². The number of aryl methyl sites for hydroxylation is 2. The Balaban J connectivity index is 2.00. The Morgan fingerprint density at radius 2 is 2.09 bits per heavy atom. The van der Waals surface area contributed by atoms with E-state index >= 15 is 0 Å². The normalized spacial score (nSPS) is 10.6. The van der Waals surface area contributed by atoms with Crippen LogP contribution in [0.4, 0.5) is 5.95 Å². The lowest BCUT2D eigenvalue weighted by Crippen LogP contribution is -2.13. The van der Waals surface area contributed by atoms with Crippen molar-refractivity contribution in [3.8, 4) is 5.75 Å². The molecule has 122 valence electrons. The number of carboxylic acid groups (broad SMARTS) is 1. The smallest absolute Gasteiger partial charge is 0.339 e. The average Bonchev–Trinajstić information content (AvgIpc) is 2.44. The molecule has 8 heteroatoms. The number of benzene rings is 1. The molecule has 1 aromatic carbocycles. The van der Waals surface area contributed by atoms with Crippen LogP contribution in [0.2, 0.25) is 10.0 Å². The second-order valence-corrected chi connectivity index (χ2v) is 5.66. The Labute approximate surface area is 143 Å². The van der Waals surface area contributed by atoms with E-state index in [1.807, 2.05) is 0 Å². The molecule has 2 rings (SSSR count). The molecule has 0 amide bonds. The first-order chi connectivity index (χ1) is 10.9. The molecule has 0 spiro atoms. The van der Waals surface area contributed by atoms with E-state index in [1.165, 1.54) is 0 Å². The fourth-order valence-electron chi connectivity index (χ4n) is 2.13. The number of aromatic carboxylic acids is 1. The summed E-state index contributed by atoms with van der Waals surface area (Å²) in [4.78, 5) is 19.2. The maximum atomic E-state index is 11.3. The molecule has 0 fully saturated rings. The molecule has 0 aliphatic carbocycles. The molecule has 0 aliphatic heterocycles. The minimum atomic E-state index is -1.07. The lowest BCUT2D eigenvalue weighted by molar-refractivity contribution is 0.0693. The molecule has 0 bridgehead atoms. The Morgan fingerprint density at radius 1 is 1.35 bits per heavy atom. The van der Waals surface area contributed by atoms with Crippen molar-refractivity contribution in [3.05, 3.63) is 45.2 Å². The summed E-state index contributed by atoms with van der Waals surface area (Å²) in [5, 5.41) is 10.2. The van der Waals surface area contributed by atoms with Crippen LogP contribution in [0.3, 0.4) is 0 Å². The summed E-state index contributed by atoms with van der Waals surface area (Å²) < 4.78 is 5.56. The van der Waals surface area contributed by atoms with Gasteiger partial charge >= 0.3 is 5.97 Å². The van der Waals surface area contributed by atoms with Crippen LogP contribution >= 0.6 is 23.2 Å². The number of ether oxygens (including phenoxy) is 1. The molecule has 6 nitrogen and oxygen atoms in total. The largest absolute Gasteiger partial charge is 0.492 e. The van der Waals surface area contributed by atoms with E-state index in [0.717, 1.165) is 0 Å². The van der Waals surface area contributed by atoms with Gasteiger partial charge in [0.25, 0.3) is 0 Å². The Morgan fingerprint density at radius 3 is 2.74 bits per heavy atom. The summed E-state index contributed by atoms with van der Waals surface area (Å²) in [7, 11) is 0. The molecule has 0 saturated carbocycles. The van der Waals surface area contributed by atoms with Crippen LogP contribution in [0.25, 0.3) is 0 Å². The summed E-state index contributed by atoms with van der Waals surface area (Å²) in [6.07, 6.45) is 0.954. The lowest BCUT2D eigenvalue weighted by Gasteiger charge is -2.10. The van der Waals surface area contributed by atoms with Crippen molar-refractivity contribution in [3.63, 3.8) is 0 Å². The highest BCUT2D eigenvalue weighted by molar-refractivity contribution is 6.35. The monoisotopic (exact) mass is 355 g/mol. The highest BCUT2D eigenvalue weighted by Crippen LogP contribution is 2.27. The van der Waals surface area contributed by atoms with E-state index in [2.05, 4.69) is 9.97 Å². The topological polar surface area (TPSA) is 98.3 Å². The van der Waals surface area contributed by atoms with Gasteiger partial charge in [-0.25, -0.2) is 14.8 Å². The maximum absolute atomic E-state index is 11.3. The third kappa shape index (κ3) is 4.46. The minimum absolute atomic E-state index is 0.0594. The van der Waals surface area contributed by atoms with Gasteiger partial charge in [-0.1, -0.05) is 23.2 Å². The zero-order chi connectivity index (χ0) is 17.0. The number of halogens is 2. The van der Waals surface area contributed by atoms with E-state index < -0.39 is 5.97 Å². The van der Waals surface area contributed by atoms with Gasteiger partial charge in [-0.15, -0.1) is 0 Å². The SMILES string of the molecule is Cc1nc(N)nc(CCCOc2ccc(Cl)cc2Cl)c1C(=O)O. The number of carbonyl (C=O) groups is 1. The van der Waals surface area contributed by atoms with Crippen molar-refractivity contribution in [2.45, 2.75) is 19.8 Å². The van der Waals surface area contributed by atoms with Gasteiger partial charge in [0.15, 0.2) is 0 Å². The van der Waals surface area contributed by atoms with Gasteiger partial charge in [-0.3, -0.25) is 0 Å². The third-order valence-corrected chi connectivity index (χ3v) is 3.64. The van der Waals surface area contributed by atoms with Crippen LogP contribution in [0, 0.1) is 6.92 Å². The predicted octanol–water partition coefficient (Wildman–Crippen LogP) is 3.38. The zero-order valence-corrected chi connectivity index (χ0v) is 13.9. The Kier molecular flexibility index (Phi) is 5.63. The van der Waals surface area contributed by atoms with Gasteiger partial charge in [0.2, 0.25) is 5.95 Å². The highest BCUT2D eigenvalue weighted by atomic mass is 35.5. The number of nitrogens with two attached hydrogens (primary N) is 1. The van der Waals surface area contributed by atoms with E-state index in [4.69, 9.17) is 33.7 Å². The number of nitrogens with zero attached hydrogens (tertiary/aromatic N) is 2. The van der Waals surface area contributed by atoms with Crippen molar-refractivity contribution in [2.24, 2.45) is 0 Å². The van der Waals surface area contributed by atoms with E-state index in [-0.39, 0.29) is 11.5 Å². The number of nitrogen functional groups attached to an aromatic ring is 1. The Hall–Kier alpha value is -2.05. The summed E-state index contributed by atoms with van der Waals surface area (Å²) in [6, 6.07) is 4.95. The molecule has 0 aliphatic rings. The van der Waals surface area contributed by atoms with Crippen LogP contribution < -0.4 is 10.5 Å². The van der Waals surface area contributed by atoms with Crippen LogP contribution in [0.1, 0.15) is 28.2 Å². The van der Waals surface area contributed by atoms with Crippen LogP contribution in [-0.2, 0) is 6.42 Å². The first-order valence-corrected chi connectivity index (χ1v) is 7.58. The Bertz CT molecular complexity index is 738. The second kappa shape index (κ2) is 7.48. The van der Waals surface area contributed by atoms with Crippen LogP contribution in [0.15, 0.2) is 18.2 Å². The molecule has 23 heavy (non-hydrogen) atoms. The second-order valence-electron chi connectivity index (χ2n) is 4.82. The molecule has 3 N–H and O–H groups in total. The summed E-state index contributed by atoms with van der Waals surface area (Å²) in [6.45, 7) is 1.94. The molecule has 2 aromatic rings. The van der Waals surface area contributed by atoms with Gasteiger partial charge in [0, 0.05) is 5.02 Å². The summed E-state index contributed by atoms with van der Waals surface area (Å²) in [5.74, 6) is -0.490. The van der Waals surface area contributed by atoms with E-state index in [9.17, 15) is 9.90 Å². The molecular formula is C15H15Cl2N3O3. The van der Waals surface area contributed by atoms with Crippen LogP contribution in [-0.4, -0.2) is 27.7 Å². The first-order valence-electron chi connectivity index (χ1n) is 6.82. The highest BCUT2D eigenvalue weighted by Gasteiger charge is 2.17. The summed E-state index contributed by atoms with van der Waals surface area (Å²) in [5.41, 5.74) is 6.41. The van der Waals surface area contributed by atoms with Crippen LogP contribution in [0.5, 0.6) is 5.75 Å². The summed E-state index contributed by atoms with van der Waals surface area (Å²) >= 11 is 11.8. The quantitative estimate of drug-likeness (QED) is 0.770. The van der Waals surface area contributed by atoms with Crippen molar-refractivity contribution in [2.75, 3.05) is 12.3 Å². The minimum Gasteiger partial charge on any atom is -0.492 e. The number of hydrogen-bond donors (Lipinski definition) is 2. The molecular weight excluding hydrogens is 341 g/mol. The number of hydrogen-bond acceptors (Lipinski definition) is 5. The number of carboxylic acids is 1. The van der Waals surface area contributed by atoms with Gasteiger partial charge in [0.1, 0.15) is 11.3 Å². The average molecular weight is 356 g/mol. The molecule has 0 unspecified atom stereocenters. The lowest BCUT2D eigenvalue weighted by atomic mass is 10.1. The number of rotatable bonds is 6. The van der Waals surface area contributed by atoms with Gasteiger partial charge in [-0.05, 0) is 38.0 Å². The molecule has 0 saturated heterocycles. The fourth-order valence-corrected chi connectivity index (χ4v) is 2.59. The van der Waals surface area contributed by atoms with Crippen molar-refractivity contribution in [1.29, 1.82) is 0 Å². The van der Waals surface area contributed by atoms with Gasteiger partial charge in [0.05, 0.1) is 23.0 Å². The van der Waals surface area contributed by atoms with E-state index in [0.29, 0.717) is 46.6 Å².